The maximum atomic E-state index is 9.51. The lowest BCUT2D eigenvalue weighted by Crippen LogP contribution is -2.46. The topological polar surface area (TPSA) is 36.4 Å². The summed E-state index contributed by atoms with van der Waals surface area (Å²) in [4.78, 5) is 6.90. The highest BCUT2D eigenvalue weighted by Crippen LogP contribution is 2.30. The summed E-state index contributed by atoms with van der Waals surface area (Å²) < 4.78 is 0. The summed E-state index contributed by atoms with van der Waals surface area (Å²) in [5.41, 5.74) is 0.879. The van der Waals surface area contributed by atoms with Crippen LogP contribution in [0.15, 0.2) is 18.3 Å². The Labute approximate surface area is 110 Å². The number of rotatable bonds is 2. The molecular formula is C15H24N2O. The predicted molar refractivity (Wildman–Crippen MR) is 74.6 cm³/mol. The van der Waals surface area contributed by atoms with Crippen molar-refractivity contribution in [2.45, 2.75) is 46.3 Å². The van der Waals surface area contributed by atoms with Crippen LogP contribution in [0.5, 0.6) is 0 Å². The fourth-order valence-corrected chi connectivity index (χ4v) is 2.83. The van der Waals surface area contributed by atoms with Gasteiger partial charge in [0.2, 0.25) is 0 Å². The molecule has 2 heterocycles. The molecule has 1 aromatic heterocycles. The van der Waals surface area contributed by atoms with Crippen molar-refractivity contribution in [3.8, 4) is 0 Å². The number of nitrogens with zero attached hydrogens (tertiary/aromatic N) is 2. The first kappa shape index (κ1) is 13.3. The molecule has 0 spiro atoms. The van der Waals surface area contributed by atoms with Crippen LogP contribution >= 0.6 is 0 Å². The average molecular weight is 248 g/mol. The lowest BCUT2D eigenvalue weighted by molar-refractivity contribution is 0.199. The van der Waals surface area contributed by atoms with Crippen molar-refractivity contribution in [1.82, 2.24) is 4.98 Å². The van der Waals surface area contributed by atoms with Gasteiger partial charge in [0.1, 0.15) is 5.82 Å². The molecule has 1 fully saturated rings. The monoisotopic (exact) mass is 248 g/mol. The minimum atomic E-state index is -0.442. The molecule has 1 N–H and O–H groups in total. The Bertz CT molecular complexity index is 388. The third kappa shape index (κ3) is 2.66. The number of pyridine rings is 1. The molecule has 0 radical (unpaired) electrons. The summed E-state index contributed by atoms with van der Waals surface area (Å²) in [6, 6.07) is 4.54. The molecule has 0 aliphatic carbocycles. The lowest BCUT2D eigenvalue weighted by atomic mass is 9.86. The van der Waals surface area contributed by atoms with Crippen molar-refractivity contribution < 1.29 is 5.11 Å². The molecule has 3 nitrogen and oxygen atoms in total. The number of anilines is 1. The van der Waals surface area contributed by atoms with E-state index in [1.165, 1.54) is 6.42 Å². The summed E-state index contributed by atoms with van der Waals surface area (Å²) in [5, 5.41) is 9.51. The van der Waals surface area contributed by atoms with E-state index in [9.17, 15) is 5.11 Å². The Balaban J connectivity index is 2.19. The number of aliphatic hydroxyl groups is 1. The highest BCUT2D eigenvalue weighted by Gasteiger charge is 2.29. The van der Waals surface area contributed by atoms with Gasteiger partial charge in [-0.25, -0.2) is 4.98 Å². The van der Waals surface area contributed by atoms with E-state index in [1.54, 1.807) is 13.1 Å². The minimum Gasteiger partial charge on any atom is -0.389 e. The first-order valence-electron chi connectivity index (χ1n) is 6.89. The molecule has 2 rings (SSSR count). The van der Waals surface area contributed by atoms with Crippen molar-refractivity contribution in [2.24, 2.45) is 11.8 Å². The van der Waals surface area contributed by atoms with E-state index < -0.39 is 6.10 Å². The van der Waals surface area contributed by atoms with E-state index in [0.717, 1.165) is 23.8 Å². The van der Waals surface area contributed by atoms with Gasteiger partial charge in [-0.15, -0.1) is 0 Å². The second-order valence-corrected chi connectivity index (χ2v) is 5.84. The largest absolute Gasteiger partial charge is 0.389 e. The summed E-state index contributed by atoms with van der Waals surface area (Å²) in [6.07, 6.45) is 2.64. The Morgan fingerprint density at radius 3 is 2.61 bits per heavy atom. The van der Waals surface area contributed by atoms with Crippen LogP contribution in [-0.4, -0.2) is 22.7 Å². The number of hydrogen-bond donors (Lipinski definition) is 1. The van der Waals surface area contributed by atoms with Gasteiger partial charge in [0.05, 0.1) is 6.10 Å². The first-order chi connectivity index (χ1) is 8.49. The third-order valence-electron chi connectivity index (χ3n) is 4.15. The van der Waals surface area contributed by atoms with Gasteiger partial charge in [0.25, 0.3) is 0 Å². The number of hydrogen-bond acceptors (Lipinski definition) is 3. The highest BCUT2D eigenvalue weighted by atomic mass is 16.3. The van der Waals surface area contributed by atoms with Gasteiger partial charge < -0.3 is 10.0 Å². The molecule has 100 valence electrons. The zero-order valence-corrected chi connectivity index (χ0v) is 11.8. The molecule has 0 saturated carbocycles. The Morgan fingerprint density at radius 2 is 2.06 bits per heavy atom. The van der Waals surface area contributed by atoms with Crippen molar-refractivity contribution in [1.29, 1.82) is 0 Å². The molecule has 0 bridgehead atoms. The second-order valence-electron chi connectivity index (χ2n) is 5.84. The zero-order valence-electron chi connectivity index (χ0n) is 11.8. The molecule has 1 aliphatic heterocycles. The van der Waals surface area contributed by atoms with E-state index >= 15 is 0 Å². The SMILES string of the molecule is CC1CC(C)C(C)N(c2ccc([C@@H](C)O)cn2)C1. The maximum absolute atomic E-state index is 9.51. The molecule has 3 heteroatoms. The molecule has 1 saturated heterocycles. The molecular weight excluding hydrogens is 224 g/mol. The van der Waals surface area contributed by atoms with Crippen molar-refractivity contribution in [3.05, 3.63) is 23.9 Å². The van der Waals surface area contributed by atoms with Gasteiger partial charge in [-0.3, -0.25) is 0 Å². The Morgan fingerprint density at radius 1 is 1.33 bits per heavy atom. The van der Waals surface area contributed by atoms with Gasteiger partial charge in [-0.2, -0.15) is 0 Å². The van der Waals surface area contributed by atoms with Gasteiger partial charge in [-0.1, -0.05) is 19.9 Å². The molecule has 1 aliphatic rings. The minimum absolute atomic E-state index is 0.442. The molecule has 3 unspecified atom stereocenters. The third-order valence-corrected chi connectivity index (χ3v) is 4.15. The first-order valence-corrected chi connectivity index (χ1v) is 6.89. The molecule has 18 heavy (non-hydrogen) atoms. The molecule has 0 amide bonds. The van der Waals surface area contributed by atoms with E-state index in [-0.39, 0.29) is 0 Å². The Kier molecular flexibility index (Phi) is 3.91. The van der Waals surface area contributed by atoms with Crippen LogP contribution in [0.3, 0.4) is 0 Å². The van der Waals surface area contributed by atoms with Crippen LogP contribution in [0.1, 0.15) is 45.8 Å². The number of aromatic nitrogens is 1. The molecule has 1 aromatic rings. The van der Waals surface area contributed by atoms with Gasteiger partial charge >= 0.3 is 0 Å². The van der Waals surface area contributed by atoms with Crippen LogP contribution in [0, 0.1) is 11.8 Å². The lowest BCUT2D eigenvalue weighted by Gasteiger charge is -2.42. The van der Waals surface area contributed by atoms with Crippen molar-refractivity contribution >= 4 is 5.82 Å². The van der Waals surface area contributed by atoms with Crippen molar-refractivity contribution in [2.75, 3.05) is 11.4 Å². The van der Waals surface area contributed by atoms with Crippen LogP contribution in [0.2, 0.25) is 0 Å². The van der Waals surface area contributed by atoms with Gasteiger partial charge in [0.15, 0.2) is 0 Å². The fraction of sp³-hybridized carbons (Fsp3) is 0.667. The quantitative estimate of drug-likeness (QED) is 0.874. The normalized spacial score (nSPS) is 30.3. The predicted octanol–water partition coefficient (Wildman–Crippen LogP) is 3.01. The standard InChI is InChI=1S/C15H24N2O/c1-10-7-11(2)12(3)17(9-10)15-6-5-14(8-16-15)13(4)18/h5-6,8,10-13,18H,7,9H2,1-4H3/t10?,11?,12?,13-/m1/s1. The number of piperidine rings is 1. The summed E-state index contributed by atoms with van der Waals surface area (Å²) in [5.74, 6) is 2.45. The van der Waals surface area contributed by atoms with Crippen LogP contribution in [0.25, 0.3) is 0 Å². The van der Waals surface area contributed by atoms with Crippen LogP contribution in [0.4, 0.5) is 5.82 Å². The highest BCUT2D eigenvalue weighted by molar-refractivity contribution is 5.41. The zero-order chi connectivity index (χ0) is 13.3. The average Bonchev–Trinajstić information content (AvgIpc) is 2.34. The summed E-state index contributed by atoms with van der Waals surface area (Å²) in [6.45, 7) is 9.74. The second kappa shape index (κ2) is 5.27. The van der Waals surface area contributed by atoms with E-state index in [4.69, 9.17) is 0 Å². The van der Waals surface area contributed by atoms with Crippen LogP contribution < -0.4 is 4.90 Å². The smallest absolute Gasteiger partial charge is 0.128 e. The molecule has 4 atom stereocenters. The fourth-order valence-electron chi connectivity index (χ4n) is 2.83. The Hall–Kier alpha value is -1.09. The van der Waals surface area contributed by atoms with Crippen molar-refractivity contribution in [3.63, 3.8) is 0 Å². The molecule has 0 aromatic carbocycles. The van der Waals surface area contributed by atoms with E-state index in [0.29, 0.717) is 12.0 Å². The van der Waals surface area contributed by atoms with Gasteiger partial charge in [0, 0.05) is 18.8 Å². The van der Waals surface area contributed by atoms with E-state index in [1.807, 2.05) is 12.1 Å². The number of aliphatic hydroxyl groups excluding tert-OH is 1. The van der Waals surface area contributed by atoms with Gasteiger partial charge in [-0.05, 0) is 43.7 Å². The summed E-state index contributed by atoms with van der Waals surface area (Å²) in [7, 11) is 0. The van der Waals surface area contributed by atoms with Crippen LogP contribution in [-0.2, 0) is 0 Å². The summed E-state index contributed by atoms with van der Waals surface area (Å²) >= 11 is 0. The van der Waals surface area contributed by atoms with E-state index in [2.05, 4.69) is 30.7 Å². The maximum Gasteiger partial charge on any atom is 0.128 e.